The van der Waals surface area contributed by atoms with Crippen LogP contribution in [0.15, 0.2) is 22.5 Å². The summed E-state index contributed by atoms with van der Waals surface area (Å²) in [5.41, 5.74) is 0.596. The third kappa shape index (κ3) is 4.59. The van der Waals surface area contributed by atoms with Crippen LogP contribution in [0.2, 0.25) is 5.02 Å². The van der Waals surface area contributed by atoms with Gasteiger partial charge in [-0.1, -0.05) is 41.6 Å². The van der Waals surface area contributed by atoms with Gasteiger partial charge in [-0.05, 0) is 24.0 Å². The third-order valence-electron chi connectivity index (χ3n) is 2.95. The second-order valence-corrected chi connectivity index (χ2v) is 9.56. The monoisotopic (exact) mass is 406 g/mol. The molecule has 0 aliphatic carbocycles. The normalized spacial score (nSPS) is 11.3. The number of rotatable bonds is 6. The van der Waals surface area contributed by atoms with Gasteiger partial charge in [0.15, 0.2) is 4.34 Å². The molecule has 1 aromatic carbocycles. The van der Waals surface area contributed by atoms with E-state index >= 15 is 0 Å². The van der Waals surface area contributed by atoms with Crippen molar-refractivity contribution in [2.75, 3.05) is 28.7 Å². The number of benzene rings is 1. The Morgan fingerprint density at radius 3 is 2.71 bits per heavy atom. The molecular formula is C13H15ClN4O3S3. The largest absolute Gasteiger partial charge is 0.296 e. The number of anilines is 2. The van der Waals surface area contributed by atoms with Gasteiger partial charge in [0.05, 0.1) is 22.5 Å². The van der Waals surface area contributed by atoms with Crippen LogP contribution in [0.3, 0.4) is 0 Å². The fourth-order valence-electron chi connectivity index (χ4n) is 1.68. The molecule has 0 aliphatic rings. The van der Waals surface area contributed by atoms with Crippen molar-refractivity contribution >= 4 is 61.4 Å². The standard InChI is InChI=1S/C13H15ClN4O3S3/c1-4-22-13-17-16-12(23-13)15-11(19)9-6-5-8(7-10(9)14)18(2)24(3,20)21/h5-7H,4H2,1-3H3,(H,15,16,19). The number of nitrogens with zero attached hydrogens (tertiary/aromatic N) is 3. The zero-order chi connectivity index (χ0) is 17.9. The highest BCUT2D eigenvalue weighted by atomic mass is 35.5. The Morgan fingerprint density at radius 1 is 1.42 bits per heavy atom. The van der Waals surface area contributed by atoms with E-state index in [9.17, 15) is 13.2 Å². The van der Waals surface area contributed by atoms with E-state index in [0.29, 0.717) is 10.8 Å². The Bertz CT molecular complexity index is 854. The van der Waals surface area contributed by atoms with Crippen molar-refractivity contribution in [3.63, 3.8) is 0 Å². The molecule has 0 unspecified atom stereocenters. The molecule has 130 valence electrons. The summed E-state index contributed by atoms with van der Waals surface area (Å²) in [6.07, 6.45) is 1.09. The Balaban J connectivity index is 2.17. The molecule has 0 radical (unpaired) electrons. The van der Waals surface area contributed by atoms with Crippen molar-refractivity contribution in [1.29, 1.82) is 0 Å². The Kier molecular flexibility index (Phi) is 6.07. The van der Waals surface area contributed by atoms with Crippen LogP contribution in [0, 0.1) is 0 Å². The van der Waals surface area contributed by atoms with Gasteiger partial charge in [-0.3, -0.25) is 14.4 Å². The molecule has 1 aromatic heterocycles. The molecular weight excluding hydrogens is 392 g/mol. The van der Waals surface area contributed by atoms with Gasteiger partial charge in [-0.2, -0.15) is 0 Å². The average molecular weight is 407 g/mol. The quantitative estimate of drug-likeness (QED) is 0.585. The van der Waals surface area contributed by atoms with Gasteiger partial charge in [0.1, 0.15) is 0 Å². The smallest absolute Gasteiger partial charge is 0.259 e. The number of nitrogens with one attached hydrogen (secondary N) is 1. The average Bonchev–Trinajstić information content (AvgIpc) is 2.92. The summed E-state index contributed by atoms with van der Waals surface area (Å²) in [5.74, 6) is 0.432. The predicted molar refractivity (Wildman–Crippen MR) is 99.0 cm³/mol. The lowest BCUT2D eigenvalue weighted by atomic mass is 10.2. The van der Waals surface area contributed by atoms with Gasteiger partial charge < -0.3 is 0 Å². The topological polar surface area (TPSA) is 92.3 Å². The van der Waals surface area contributed by atoms with E-state index in [-0.39, 0.29) is 10.6 Å². The molecule has 0 aliphatic heterocycles. The number of carbonyl (C=O) groups excluding carboxylic acids is 1. The van der Waals surface area contributed by atoms with Crippen LogP contribution in [0.25, 0.3) is 0 Å². The Labute approximate surface area is 153 Å². The summed E-state index contributed by atoms with van der Waals surface area (Å²) in [5, 5.41) is 11.0. The molecule has 1 heterocycles. The van der Waals surface area contributed by atoms with Crippen molar-refractivity contribution in [3.05, 3.63) is 28.8 Å². The predicted octanol–water partition coefficient (Wildman–Crippen LogP) is 2.95. The Morgan fingerprint density at radius 2 is 2.12 bits per heavy atom. The molecule has 11 heteroatoms. The lowest BCUT2D eigenvalue weighted by Gasteiger charge is -2.17. The summed E-state index contributed by atoms with van der Waals surface area (Å²) < 4.78 is 24.9. The first-order valence-electron chi connectivity index (χ1n) is 6.73. The molecule has 0 bridgehead atoms. The first-order chi connectivity index (χ1) is 11.2. The van der Waals surface area contributed by atoms with E-state index < -0.39 is 15.9 Å². The number of hydrogen-bond acceptors (Lipinski definition) is 7. The molecule has 0 spiro atoms. The number of halogens is 1. The van der Waals surface area contributed by atoms with Gasteiger partial charge in [0.2, 0.25) is 15.2 Å². The molecule has 0 fully saturated rings. The van der Waals surface area contributed by atoms with Gasteiger partial charge in [0, 0.05) is 7.05 Å². The van der Waals surface area contributed by atoms with Crippen LogP contribution in [0.5, 0.6) is 0 Å². The van der Waals surface area contributed by atoms with Crippen molar-refractivity contribution in [3.8, 4) is 0 Å². The second kappa shape index (κ2) is 7.68. The highest BCUT2D eigenvalue weighted by molar-refractivity contribution is 8.01. The van der Waals surface area contributed by atoms with Crippen molar-refractivity contribution in [1.82, 2.24) is 10.2 Å². The van der Waals surface area contributed by atoms with Crippen LogP contribution in [-0.4, -0.2) is 43.6 Å². The molecule has 0 atom stereocenters. The van der Waals surface area contributed by atoms with Crippen LogP contribution >= 0.6 is 34.7 Å². The molecule has 1 amide bonds. The summed E-state index contributed by atoms with van der Waals surface area (Å²) in [4.78, 5) is 12.3. The second-order valence-electron chi connectivity index (χ2n) is 4.65. The number of hydrogen-bond donors (Lipinski definition) is 1. The lowest BCUT2D eigenvalue weighted by molar-refractivity contribution is 0.102. The maximum atomic E-state index is 12.3. The Hall–Kier alpha value is -1.36. The number of sulfonamides is 1. The van der Waals surface area contributed by atoms with Crippen molar-refractivity contribution in [2.24, 2.45) is 0 Å². The summed E-state index contributed by atoms with van der Waals surface area (Å²) >= 11 is 8.93. The number of thioether (sulfide) groups is 1. The van der Waals surface area contributed by atoms with E-state index in [1.165, 1.54) is 48.3 Å². The van der Waals surface area contributed by atoms with Crippen LogP contribution in [-0.2, 0) is 10.0 Å². The molecule has 7 nitrogen and oxygen atoms in total. The zero-order valence-electron chi connectivity index (χ0n) is 13.1. The fraction of sp³-hybridized carbons (Fsp3) is 0.308. The van der Waals surface area contributed by atoms with Crippen LogP contribution in [0.1, 0.15) is 17.3 Å². The van der Waals surface area contributed by atoms with E-state index in [1.54, 1.807) is 0 Å². The molecule has 2 aromatic rings. The highest BCUT2D eigenvalue weighted by Crippen LogP contribution is 2.28. The SMILES string of the molecule is CCSc1nnc(NC(=O)c2ccc(N(C)S(C)(=O)=O)cc2Cl)s1. The first kappa shape index (κ1) is 19.0. The van der Waals surface area contributed by atoms with E-state index in [4.69, 9.17) is 11.6 Å². The molecule has 0 saturated carbocycles. The van der Waals surface area contributed by atoms with Crippen LogP contribution < -0.4 is 9.62 Å². The molecule has 24 heavy (non-hydrogen) atoms. The number of carbonyl (C=O) groups is 1. The number of aromatic nitrogens is 2. The van der Waals surface area contributed by atoms with E-state index in [0.717, 1.165) is 20.7 Å². The summed E-state index contributed by atoms with van der Waals surface area (Å²) in [7, 11) is -1.99. The fourth-order valence-corrected chi connectivity index (χ4v) is 4.08. The number of amides is 1. The zero-order valence-corrected chi connectivity index (χ0v) is 16.3. The third-order valence-corrected chi connectivity index (χ3v) is 6.33. The van der Waals surface area contributed by atoms with Gasteiger partial charge in [-0.25, -0.2) is 8.42 Å². The highest BCUT2D eigenvalue weighted by Gasteiger charge is 2.17. The lowest BCUT2D eigenvalue weighted by Crippen LogP contribution is -2.25. The van der Waals surface area contributed by atoms with Gasteiger partial charge in [0.25, 0.3) is 5.91 Å². The van der Waals surface area contributed by atoms with Crippen molar-refractivity contribution < 1.29 is 13.2 Å². The molecule has 2 rings (SSSR count). The minimum Gasteiger partial charge on any atom is -0.296 e. The minimum absolute atomic E-state index is 0.146. The maximum Gasteiger partial charge on any atom is 0.259 e. The first-order valence-corrected chi connectivity index (χ1v) is 10.8. The van der Waals surface area contributed by atoms with E-state index in [1.807, 2.05) is 6.92 Å². The van der Waals surface area contributed by atoms with Crippen LogP contribution in [0.4, 0.5) is 10.8 Å². The maximum absolute atomic E-state index is 12.3. The molecule has 0 saturated heterocycles. The molecule has 1 N–H and O–H groups in total. The minimum atomic E-state index is -3.40. The van der Waals surface area contributed by atoms with Crippen molar-refractivity contribution in [2.45, 2.75) is 11.3 Å². The summed E-state index contributed by atoms with van der Waals surface area (Å²) in [6, 6.07) is 4.41. The summed E-state index contributed by atoms with van der Waals surface area (Å²) in [6.45, 7) is 2.00. The van der Waals surface area contributed by atoms with Gasteiger partial charge >= 0.3 is 0 Å². The van der Waals surface area contributed by atoms with Gasteiger partial charge in [-0.15, -0.1) is 10.2 Å². The van der Waals surface area contributed by atoms with E-state index in [2.05, 4.69) is 15.5 Å².